The fourth-order valence-electron chi connectivity index (χ4n) is 2.98. The summed E-state index contributed by atoms with van der Waals surface area (Å²) < 4.78 is 16.9. The van der Waals surface area contributed by atoms with Gasteiger partial charge in [-0.1, -0.05) is 0 Å². The summed E-state index contributed by atoms with van der Waals surface area (Å²) in [6.45, 7) is 2.92. The topological polar surface area (TPSA) is 60.9 Å². The summed E-state index contributed by atoms with van der Waals surface area (Å²) in [4.78, 5) is 18.0. The van der Waals surface area contributed by atoms with Gasteiger partial charge in [0.2, 0.25) is 5.91 Å². The van der Waals surface area contributed by atoms with Gasteiger partial charge in [-0.3, -0.25) is 9.78 Å². The molecular weight excluding hydrogens is 296 g/mol. The summed E-state index contributed by atoms with van der Waals surface area (Å²) in [6.07, 6.45) is 7.59. The van der Waals surface area contributed by atoms with E-state index < -0.39 is 0 Å². The zero-order chi connectivity index (χ0) is 15.9. The number of carbonyl (C=O) groups excluding carboxylic acids is 1. The quantitative estimate of drug-likeness (QED) is 0.797. The van der Waals surface area contributed by atoms with E-state index >= 15 is 0 Å². The number of rotatable bonds is 6. The van der Waals surface area contributed by atoms with Crippen LogP contribution in [0.25, 0.3) is 0 Å². The third kappa shape index (κ3) is 4.91. The first-order chi connectivity index (χ1) is 11.3. The summed E-state index contributed by atoms with van der Waals surface area (Å²) in [5.74, 6) is 0.898. The third-order valence-corrected chi connectivity index (χ3v) is 4.30. The molecule has 126 valence electrons. The maximum atomic E-state index is 12.1. The van der Waals surface area contributed by atoms with E-state index in [0.29, 0.717) is 6.61 Å². The largest absolute Gasteiger partial charge is 0.490 e. The van der Waals surface area contributed by atoms with Gasteiger partial charge in [-0.25, -0.2) is 0 Å². The summed E-state index contributed by atoms with van der Waals surface area (Å²) in [5, 5.41) is 0. The second kappa shape index (κ2) is 8.26. The predicted molar refractivity (Wildman–Crippen MR) is 84.3 cm³/mol. The highest BCUT2D eigenvalue weighted by Gasteiger charge is 2.24. The highest BCUT2D eigenvalue weighted by atomic mass is 16.5. The molecule has 23 heavy (non-hydrogen) atoms. The lowest BCUT2D eigenvalue weighted by atomic mass is 10.1. The van der Waals surface area contributed by atoms with Crippen molar-refractivity contribution < 1.29 is 19.0 Å². The molecule has 1 aromatic heterocycles. The number of nitrogens with zero attached hydrogens (tertiary/aromatic N) is 2. The van der Waals surface area contributed by atoms with Crippen LogP contribution in [0.1, 0.15) is 25.7 Å². The molecule has 0 saturated carbocycles. The first-order valence-electron chi connectivity index (χ1n) is 8.35. The van der Waals surface area contributed by atoms with E-state index in [1.54, 1.807) is 12.4 Å². The van der Waals surface area contributed by atoms with Crippen LogP contribution in [0.3, 0.4) is 0 Å². The molecule has 1 aromatic rings. The van der Waals surface area contributed by atoms with Crippen molar-refractivity contribution in [3.63, 3.8) is 0 Å². The minimum absolute atomic E-state index is 0.0605. The average Bonchev–Trinajstić information content (AvgIpc) is 3.10. The van der Waals surface area contributed by atoms with Crippen LogP contribution in [0.2, 0.25) is 0 Å². The minimum atomic E-state index is 0.0605. The van der Waals surface area contributed by atoms with E-state index in [1.807, 2.05) is 17.0 Å². The fraction of sp³-hybridized carbons (Fsp3) is 0.647. The molecule has 2 saturated heterocycles. The molecule has 0 N–H and O–H groups in total. The summed E-state index contributed by atoms with van der Waals surface area (Å²) in [7, 11) is 0. The highest BCUT2D eigenvalue weighted by Crippen LogP contribution is 2.18. The van der Waals surface area contributed by atoms with Crippen molar-refractivity contribution in [1.29, 1.82) is 0 Å². The molecule has 6 nitrogen and oxygen atoms in total. The van der Waals surface area contributed by atoms with Crippen LogP contribution >= 0.6 is 0 Å². The molecular formula is C17H24N2O4. The van der Waals surface area contributed by atoms with Crippen molar-refractivity contribution in [2.45, 2.75) is 37.9 Å². The van der Waals surface area contributed by atoms with Crippen molar-refractivity contribution in [1.82, 2.24) is 9.88 Å². The zero-order valence-electron chi connectivity index (χ0n) is 13.4. The van der Waals surface area contributed by atoms with Crippen LogP contribution in [0, 0.1) is 0 Å². The molecule has 0 aliphatic carbocycles. The molecule has 0 bridgehead atoms. The van der Waals surface area contributed by atoms with Gasteiger partial charge in [0.25, 0.3) is 0 Å². The van der Waals surface area contributed by atoms with E-state index in [-0.39, 0.29) is 24.7 Å². The summed E-state index contributed by atoms with van der Waals surface area (Å²) >= 11 is 0. The summed E-state index contributed by atoms with van der Waals surface area (Å²) in [6, 6.07) is 3.72. The molecule has 2 aliphatic heterocycles. The molecule has 2 fully saturated rings. The smallest absolute Gasteiger partial charge is 0.248 e. The Kier molecular flexibility index (Phi) is 5.82. The minimum Gasteiger partial charge on any atom is -0.490 e. The number of piperidine rings is 1. The van der Waals surface area contributed by atoms with E-state index in [1.165, 1.54) is 0 Å². The zero-order valence-corrected chi connectivity index (χ0v) is 13.4. The van der Waals surface area contributed by atoms with Crippen LogP contribution < -0.4 is 4.74 Å². The maximum Gasteiger partial charge on any atom is 0.248 e. The molecule has 3 rings (SSSR count). The van der Waals surface area contributed by atoms with Gasteiger partial charge in [-0.15, -0.1) is 0 Å². The Bertz CT molecular complexity index is 483. The van der Waals surface area contributed by atoms with Gasteiger partial charge >= 0.3 is 0 Å². The molecule has 0 aromatic carbocycles. The van der Waals surface area contributed by atoms with Crippen LogP contribution in [0.15, 0.2) is 24.5 Å². The second-order valence-corrected chi connectivity index (χ2v) is 6.03. The van der Waals surface area contributed by atoms with Crippen LogP contribution in [0.5, 0.6) is 5.75 Å². The molecule has 1 atom stereocenters. The number of hydrogen-bond donors (Lipinski definition) is 0. The van der Waals surface area contributed by atoms with Crippen LogP contribution in [-0.2, 0) is 14.3 Å². The predicted octanol–water partition coefficient (Wildman–Crippen LogP) is 1.65. The van der Waals surface area contributed by atoms with Gasteiger partial charge in [0, 0.05) is 44.9 Å². The number of ether oxygens (including phenoxy) is 3. The van der Waals surface area contributed by atoms with Crippen molar-refractivity contribution in [2.24, 2.45) is 0 Å². The van der Waals surface area contributed by atoms with Gasteiger partial charge in [-0.05, 0) is 25.0 Å². The highest BCUT2D eigenvalue weighted by molar-refractivity contribution is 5.77. The summed E-state index contributed by atoms with van der Waals surface area (Å²) in [5.41, 5.74) is 0. The van der Waals surface area contributed by atoms with E-state index in [9.17, 15) is 4.79 Å². The molecule has 6 heteroatoms. The molecule has 0 spiro atoms. The number of aromatic nitrogens is 1. The van der Waals surface area contributed by atoms with Crippen LogP contribution in [-0.4, -0.2) is 60.9 Å². The average molecular weight is 320 g/mol. The molecule has 0 unspecified atom stereocenters. The second-order valence-electron chi connectivity index (χ2n) is 6.03. The number of likely N-dealkylation sites (tertiary alicyclic amines) is 1. The van der Waals surface area contributed by atoms with Gasteiger partial charge in [0.05, 0.1) is 12.7 Å². The van der Waals surface area contributed by atoms with E-state index in [2.05, 4.69) is 4.98 Å². The Balaban J connectivity index is 1.34. The van der Waals surface area contributed by atoms with Crippen molar-refractivity contribution in [3.05, 3.63) is 24.5 Å². The standard InChI is InChI=1S/C17H24N2O4/c20-17(13-21-12-16-2-1-11-22-16)19-9-5-15(6-10-19)23-14-3-7-18-8-4-14/h3-4,7-8,15-16H,1-2,5-6,9-13H2/t16-/m0/s1. The third-order valence-electron chi connectivity index (χ3n) is 4.30. The monoisotopic (exact) mass is 320 g/mol. The Labute approximate surface area is 136 Å². The molecule has 0 radical (unpaired) electrons. The number of hydrogen-bond acceptors (Lipinski definition) is 5. The lowest BCUT2D eigenvalue weighted by Crippen LogP contribution is -2.43. The molecule has 3 heterocycles. The normalized spacial score (nSPS) is 22.3. The number of amides is 1. The van der Waals surface area contributed by atoms with Gasteiger partial charge in [0.1, 0.15) is 18.5 Å². The Morgan fingerprint density at radius 2 is 2.04 bits per heavy atom. The first kappa shape index (κ1) is 16.2. The SMILES string of the molecule is O=C(COC[C@@H]1CCCO1)N1CCC(Oc2ccncc2)CC1. The molecule has 1 amide bonds. The van der Waals surface area contributed by atoms with Crippen molar-refractivity contribution >= 4 is 5.91 Å². The fourth-order valence-corrected chi connectivity index (χ4v) is 2.98. The van der Waals surface area contributed by atoms with Crippen molar-refractivity contribution in [2.75, 3.05) is 32.9 Å². The van der Waals surface area contributed by atoms with Crippen LogP contribution in [0.4, 0.5) is 0 Å². The van der Waals surface area contributed by atoms with E-state index in [0.717, 1.165) is 51.1 Å². The van der Waals surface area contributed by atoms with Gasteiger partial charge in [-0.2, -0.15) is 0 Å². The lowest BCUT2D eigenvalue weighted by Gasteiger charge is -2.32. The van der Waals surface area contributed by atoms with Gasteiger partial charge < -0.3 is 19.1 Å². The lowest BCUT2D eigenvalue weighted by molar-refractivity contribution is -0.139. The van der Waals surface area contributed by atoms with Crippen molar-refractivity contribution in [3.8, 4) is 5.75 Å². The van der Waals surface area contributed by atoms with Gasteiger partial charge in [0.15, 0.2) is 0 Å². The van der Waals surface area contributed by atoms with E-state index in [4.69, 9.17) is 14.2 Å². The number of pyridine rings is 1. The Hall–Kier alpha value is -1.66. The Morgan fingerprint density at radius 1 is 1.26 bits per heavy atom. The number of carbonyl (C=O) groups is 1. The first-order valence-corrected chi connectivity index (χ1v) is 8.35. The molecule has 2 aliphatic rings. The maximum absolute atomic E-state index is 12.1. The Morgan fingerprint density at radius 3 is 2.74 bits per heavy atom.